The number of likely N-dealkylation sites (N-methyl/N-ethyl adjacent to an activating group) is 1. The molecule has 0 spiro atoms. The molecule has 0 radical (unpaired) electrons. The molecule has 1 amide bonds. The number of aromatic nitrogens is 3. The summed E-state index contributed by atoms with van der Waals surface area (Å²) in [5.41, 5.74) is 9.34. The highest BCUT2D eigenvalue weighted by Gasteiger charge is 2.32. The molecule has 3 heterocycles. The quantitative estimate of drug-likeness (QED) is 0.656. The highest BCUT2D eigenvalue weighted by Crippen LogP contribution is 2.28. The van der Waals surface area contributed by atoms with Crippen LogP contribution in [0.15, 0.2) is 72.4 Å². The Bertz CT molecular complexity index is 1030. The van der Waals surface area contributed by atoms with Crippen molar-refractivity contribution in [3.8, 4) is 0 Å². The first-order valence-corrected chi connectivity index (χ1v) is 10.3. The van der Waals surface area contributed by atoms with Crippen LogP contribution in [0.4, 0.5) is 5.82 Å². The molecule has 4 N–H and O–H groups in total. The van der Waals surface area contributed by atoms with Gasteiger partial charge in [0.15, 0.2) is 11.5 Å². The van der Waals surface area contributed by atoms with E-state index in [0.717, 1.165) is 17.7 Å². The molecule has 2 aliphatic rings. The van der Waals surface area contributed by atoms with Gasteiger partial charge in [0.2, 0.25) is 0 Å². The molecule has 0 aromatic carbocycles. The monoisotopic (exact) mass is 417 g/mol. The number of amides is 1. The largest absolute Gasteiger partial charge is 0.382 e. The van der Waals surface area contributed by atoms with E-state index in [1.54, 1.807) is 6.20 Å². The van der Waals surface area contributed by atoms with Gasteiger partial charge in [0, 0.05) is 43.9 Å². The summed E-state index contributed by atoms with van der Waals surface area (Å²) in [5.74, 6) is 0.157. The molecule has 4 rings (SSSR count). The Hall–Kier alpha value is -3.36. The lowest BCUT2D eigenvalue weighted by molar-refractivity contribution is 0.0949. The minimum absolute atomic E-state index is 0.0455. The molecule has 3 unspecified atom stereocenters. The van der Waals surface area contributed by atoms with E-state index in [0.29, 0.717) is 12.5 Å². The summed E-state index contributed by atoms with van der Waals surface area (Å²) in [6, 6.07) is 4.22. The van der Waals surface area contributed by atoms with Crippen molar-refractivity contribution in [2.75, 3.05) is 19.3 Å². The van der Waals surface area contributed by atoms with E-state index in [1.165, 1.54) is 18.0 Å². The van der Waals surface area contributed by atoms with Crippen LogP contribution < -0.4 is 16.4 Å². The Labute approximate surface area is 182 Å². The second-order valence-electron chi connectivity index (χ2n) is 7.93. The predicted octanol–water partition coefficient (Wildman–Crippen LogP) is 1.67. The van der Waals surface area contributed by atoms with E-state index in [4.69, 9.17) is 5.73 Å². The Kier molecular flexibility index (Phi) is 6.20. The number of nitrogens with two attached hydrogens (primary N) is 1. The SMILES string of the molecule is CC1C=CC=C2C=C(CNC(=O)c3nccnc3N)C(N(C)Cc3cccnc3)NC21. The lowest BCUT2D eigenvalue weighted by atomic mass is 9.85. The van der Waals surface area contributed by atoms with Gasteiger partial charge in [-0.25, -0.2) is 9.97 Å². The van der Waals surface area contributed by atoms with Crippen LogP contribution in [0, 0.1) is 5.92 Å². The van der Waals surface area contributed by atoms with Gasteiger partial charge in [-0.2, -0.15) is 0 Å². The van der Waals surface area contributed by atoms with Gasteiger partial charge >= 0.3 is 0 Å². The fourth-order valence-corrected chi connectivity index (χ4v) is 4.04. The first kappa shape index (κ1) is 20.9. The van der Waals surface area contributed by atoms with Crippen molar-refractivity contribution in [3.05, 3.63) is 83.6 Å². The summed E-state index contributed by atoms with van der Waals surface area (Å²) in [4.78, 5) is 27.1. The normalized spacial score (nSPS) is 22.5. The summed E-state index contributed by atoms with van der Waals surface area (Å²) in [7, 11) is 2.07. The van der Waals surface area contributed by atoms with E-state index in [-0.39, 0.29) is 29.6 Å². The number of pyridine rings is 1. The van der Waals surface area contributed by atoms with Crippen LogP contribution in [0.2, 0.25) is 0 Å². The number of nitrogen functional groups attached to an aromatic ring is 1. The molecular weight excluding hydrogens is 390 g/mol. The Morgan fingerprint density at radius 2 is 2.13 bits per heavy atom. The molecule has 2 aromatic rings. The lowest BCUT2D eigenvalue weighted by Crippen LogP contribution is -2.55. The number of fused-ring (bicyclic) bond motifs is 1. The minimum atomic E-state index is -0.340. The van der Waals surface area contributed by atoms with Crippen molar-refractivity contribution >= 4 is 11.7 Å². The van der Waals surface area contributed by atoms with Crippen molar-refractivity contribution in [2.45, 2.75) is 25.7 Å². The van der Waals surface area contributed by atoms with Gasteiger partial charge in [-0.15, -0.1) is 0 Å². The van der Waals surface area contributed by atoms with Gasteiger partial charge in [-0.1, -0.05) is 37.3 Å². The summed E-state index contributed by atoms with van der Waals surface area (Å²) in [6.45, 7) is 3.30. The number of rotatable bonds is 6. The maximum absolute atomic E-state index is 12.6. The molecule has 1 aliphatic heterocycles. The number of allylic oxidation sites excluding steroid dienone is 2. The van der Waals surface area contributed by atoms with Crippen molar-refractivity contribution < 1.29 is 4.79 Å². The number of hydrogen-bond donors (Lipinski definition) is 3. The van der Waals surface area contributed by atoms with E-state index in [9.17, 15) is 4.79 Å². The number of carbonyl (C=O) groups is 1. The van der Waals surface area contributed by atoms with Crippen LogP contribution in [0.25, 0.3) is 0 Å². The van der Waals surface area contributed by atoms with E-state index >= 15 is 0 Å². The molecule has 0 fully saturated rings. The van der Waals surface area contributed by atoms with Gasteiger partial charge in [-0.3, -0.25) is 20.0 Å². The summed E-state index contributed by atoms with van der Waals surface area (Å²) < 4.78 is 0. The van der Waals surface area contributed by atoms with E-state index in [2.05, 4.69) is 74.8 Å². The van der Waals surface area contributed by atoms with Crippen LogP contribution in [-0.2, 0) is 6.54 Å². The molecule has 1 aliphatic carbocycles. The van der Waals surface area contributed by atoms with Crippen molar-refractivity contribution in [2.24, 2.45) is 5.92 Å². The fraction of sp³-hybridized carbons (Fsp3) is 0.304. The Morgan fingerprint density at radius 1 is 1.29 bits per heavy atom. The number of anilines is 1. The highest BCUT2D eigenvalue weighted by atomic mass is 16.1. The third kappa shape index (κ3) is 4.70. The maximum Gasteiger partial charge on any atom is 0.273 e. The first-order valence-electron chi connectivity index (χ1n) is 10.3. The standard InChI is InChI=1S/C23H27N7O/c1-15-5-3-7-17-11-18(13-28-23(31)20-21(24)27-10-9-26-20)22(29-19(15)17)30(2)14-16-6-4-8-25-12-16/h3-12,15,19,22,29H,13-14H2,1-2H3,(H2,24,27)(H,28,31). The number of nitrogens with zero attached hydrogens (tertiary/aromatic N) is 4. The predicted molar refractivity (Wildman–Crippen MR) is 120 cm³/mol. The molecule has 0 saturated heterocycles. The van der Waals surface area contributed by atoms with Crippen molar-refractivity contribution in [3.63, 3.8) is 0 Å². The van der Waals surface area contributed by atoms with Gasteiger partial charge in [0.25, 0.3) is 5.91 Å². The Morgan fingerprint density at radius 3 is 2.90 bits per heavy atom. The molecule has 160 valence electrons. The van der Waals surface area contributed by atoms with Crippen molar-refractivity contribution in [1.29, 1.82) is 0 Å². The molecule has 0 saturated carbocycles. The van der Waals surface area contributed by atoms with Gasteiger partial charge in [0.1, 0.15) is 0 Å². The van der Waals surface area contributed by atoms with Crippen LogP contribution in [-0.4, -0.2) is 51.6 Å². The molecular formula is C23H27N7O. The zero-order chi connectivity index (χ0) is 21.8. The number of nitrogens with one attached hydrogen (secondary N) is 2. The van der Waals surface area contributed by atoms with E-state index < -0.39 is 0 Å². The van der Waals surface area contributed by atoms with Gasteiger partial charge in [0.05, 0.1) is 6.17 Å². The first-order chi connectivity index (χ1) is 15.0. The third-order valence-corrected chi connectivity index (χ3v) is 5.62. The fourth-order valence-electron chi connectivity index (χ4n) is 4.04. The van der Waals surface area contributed by atoms with Gasteiger partial charge < -0.3 is 11.1 Å². The topological polar surface area (TPSA) is 109 Å². The average Bonchev–Trinajstić information content (AvgIpc) is 2.78. The Balaban J connectivity index is 1.55. The number of hydrogen-bond acceptors (Lipinski definition) is 7. The van der Waals surface area contributed by atoms with Crippen LogP contribution in [0.1, 0.15) is 23.0 Å². The van der Waals surface area contributed by atoms with Crippen LogP contribution >= 0.6 is 0 Å². The molecule has 3 atom stereocenters. The zero-order valence-corrected chi connectivity index (χ0v) is 17.7. The van der Waals surface area contributed by atoms with Crippen LogP contribution in [0.5, 0.6) is 0 Å². The summed E-state index contributed by atoms with van der Waals surface area (Å²) in [5, 5.41) is 6.71. The third-order valence-electron chi connectivity index (χ3n) is 5.62. The average molecular weight is 418 g/mol. The van der Waals surface area contributed by atoms with E-state index in [1.807, 2.05) is 12.3 Å². The van der Waals surface area contributed by atoms with Crippen molar-refractivity contribution in [1.82, 2.24) is 30.5 Å². The molecule has 8 nitrogen and oxygen atoms in total. The van der Waals surface area contributed by atoms with Crippen LogP contribution in [0.3, 0.4) is 0 Å². The molecule has 8 heteroatoms. The maximum atomic E-state index is 12.6. The summed E-state index contributed by atoms with van der Waals surface area (Å²) in [6.07, 6.45) is 15.1. The second kappa shape index (κ2) is 9.20. The summed E-state index contributed by atoms with van der Waals surface area (Å²) >= 11 is 0. The minimum Gasteiger partial charge on any atom is -0.382 e. The molecule has 31 heavy (non-hydrogen) atoms. The molecule has 0 bridgehead atoms. The number of carbonyl (C=O) groups excluding carboxylic acids is 1. The molecule has 2 aromatic heterocycles. The van der Waals surface area contributed by atoms with Gasteiger partial charge in [-0.05, 0) is 35.7 Å². The second-order valence-corrected chi connectivity index (χ2v) is 7.93. The lowest BCUT2D eigenvalue weighted by Gasteiger charge is -2.41. The highest BCUT2D eigenvalue weighted by molar-refractivity contribution is 5.96. The smallest absolute Gasteiger partial charge is 0.273 e. The zero-order valence-electron chi connectivity index (χ0n) is 17.7.